The summed E-state index contributed by atoms with van der Waals surface area (Å²) in [6, 6.07) is 6.43. The number of nitrogens with zero attached hydrogens (tertiary/aromatic N) is 3. The number of aromatic amines is 1. The van der Waals surface area contributed by atoms with E-state index < -0.39 is 13.0 Å². The average molecular weight is 407 g/mol. The van der Waals surface area contributed by atoms with Crippen molar-refractivity contribution in [2.75, 3.05) is 6.61 Å². The molecule has 0 saturated carbocycles. The highest BCUT2D eigenvalue weighted by Crippen LogP contribution is 2.38. The Kier molecular flexibility index (Phi) is 5.41. The van der Waals surface area contributed by atoms with E-state index in [2.05, 4.69) is 29.7 Å². The maximum absolute atomic E-state index is 11.7. The normalized spacial score (nSPS) is 12.0. The third-order valence-electron chi connectivity index (χ3n) is 4.38. The van der Waals surface area contributed by atoms with E-state index in [1.54, 1.807) is 29.9 Å². The van der Waals surface area contributed by atoms with Gasteiger partial charge in [0.15, 0.2) is 0 Å². The fourth-order valence-electron chi connectivity index (χ4n) is 3.01. The Morgan fingerprint density at radius 2 is 2.11 bits per heavy atom. The maximum Gasteiger partial charge on any atom is 0.317 e. The average Bonchev–Trinajstić information content (AvgIpc) is 3.13. The van der Waals surface area contributed by atoms with E-state index in [-0.39, 0.29) is 12.4 Å². The summed E-state index contributed by atoms with van der Waals surface area (Å²) in [4.78, 5) is 14.4. The predicted octanol–water partition coefficient (Wildman–Crippen LogP) is 5.21. The van der Waals surface area contributed by atoms with Crippen LogP contribution in [0, 0.1) is 17.0 Å². The highest BCUT2D eigenvalue weighted by Gasteiger charge is 2.28. The van der Waals surface area contributed by atoms with Gasteiger partial charge in [-0.25, -0.2) is 4.68 Å². The van der Waals surface area contributed by atoms with Gasteiger partial charge in [0.25, 0.3) is 0 Å². The van der Waals surface area contributed by atoms with Gasteiger partial charge in [-0.05, 0) is 31.2 Å². The van der Waals surface area contributed by atoms with Crippen molar-refractivity contribution in [2.24, 2.45) is 0 Å². The third-order valence-corrected chi connectivity index (χ3v) is 6.30. The summed E-state index contributed by atoms with van der Waals surface area (Å²) in [5, 5.41) is 17.4. The third kappa shape index (κ3) is 4.23. The number of halogens is 1. The molecule has 0 radical (unpaired) electrons. The quantitative estimate of drug-likeness (QED) is 0.252. The van der Waals surface area contributed by atoms with Crippen LogP contribution in [0.1, 0.15) is 5.69 Å². The summed E-state index contributed by atoms with van der Waals surface area (Å²) >= 11 is 6.25. The van der Waals surface area contributed by atoms with Gasteiger partial charge >= 0.3 is 5.69 Å². The van der Waals surface area contributed by atoms with Crippen LogP contribution in [0.25, 0.3) is 22.2 Å². The number of nitrogens with one attached hydrogen (secondary N) is 1. The molecule has 144 valence electrons. The monoisotopic (exact) mass is 406 g/mol. The van der Waals surface area contributed by atoms with Crippen molar-refractivity contribution < 1.29 is 9.66 Å². The van der Waals surface area contributed by atoms with Crippen molar-refractivity contribution in [1.29, 1.82) is 0 Å². The lowest BCUT2D eigenvalue weighted by molar-refractivity contribution is -0.384. The molecule has 0 aliphatic carbocycles. The van der Waals surface area contributed by atoms with Gasteiger partial charge in [0, 0.05) is 42.4 Å². The molecule has 3 rings (SSSR count). The minimum atomic E-state index is -1.22. The van der Waals surface area contributed by atoms with Crippen molar-refractivity contribution in [2.45, 2.75) is 39.3 Å². The van der Waals surface area contributed by atoms with E-state index >= 15 is 0 Å². The number of benzene rings is 1. The Morgan fingerprint density at radius 1 is 1.37 bits per heavy atom. The summed E-state index contributed by atoms with van der Waals surface area (Å²) < 4.78 is 7.37. The van der Waals surface area contributed by atoms with E-state index in [1.807, 2.05) is 6.07 Å². The molecule has 0 unspecified atom stereocenters. The fraction of sp³-hybridized carbons (Fsp3) is 0.389. The zero-order chi connectivity index (χ0) is 19.8. The molecule has 0 aliphatic rings. The van der Waals surface area contributed by atoms with Crippen molar-refractivity contribution >= 4 is 36.3 Å². The lowest BCUT2D eigenvalue weighted by atomic mass is 10.1. The van der Waals surface area contributed by atoms with Crippen molar-refractivity contribution in [1.82, 2.24) is 14.8 Å². The van der Waals surface area contributed by atoms with Crippen LogP contribution in [0.4, 0.5) is 5.69 Å². The molecule has 1 N–H and O–H groups in total. The van der Waals surface area contributed by atoms with Crippen LogP contribution in [-0.2, 0) is 11.5 Å². The highest BCUT2D eigenvalue weighted by atomic mass is 35.5. The topological polar surface area (TPSA) is 86.0 Å². The zero-order valence-corrected chi connectivity index (χ0v) is 17.6. The minimum Gasteiger partial charge on any atom is -0.361 e. The molecular formula is C18H23ClN4O3Si. The zero-order valence-electron chi connectivity index (χ0n) is 15.9. The number of hydrogen-bond acceptors (Lipinski definition) is 4. The number of aryl methyl sites for hydroxylation is 1. The molecule has 0 aliphatic heterocycles. The number of aromatic nitrogens is 3. The molecule has 0 atom stereocenters. The molecule has 0 fully saturated rings. The van der Waals surface area contributed by atoms with Crippen LogP contribution < -0.4 is 0 Å². The number of ether oxygens (including phenoxy) is 1. The van der Waals surface area contributed by atoms with Gasteiger partial charge in [-0.2, -0.15) is 5.10 Å². The first kappa shape index (κ1) is 19.6. The van der Waals surface area contributed by atoms with Crippen LogP contribution in [0.3, 0.4) is 0 Å². The number of fused-ring (bicyclic) bond motifs is 1. The molecular weight excluding hydrogens is 384 g/mol. The number of hydrogen-bond donors (Lipinski definition) is 1. The SMILES string of the molecule is Cc1nn(COCC[Si](C)(C)C)c(-c2cc(Cl)cc3[nH]ccc23)c1[N+](=O)[O-]. The second-order valence-electron chi connectivity index (χ2n) is 7.78. The highest BCUT2D eigenvalue weighted by molar-refractivity contribution is 6.76. The Balaban J connectivity index is 2.04. The largest absolute Gasteiger partial charge is 0.361 e. The first-order valence-electron chi connectivity index (χ1n) is 8.74. The molecule has 2 heterocycles. The Hall–Kier alpha value is -2.16. The summed E-state index contributed by atoms with van der Waals surface area (Å²) in [6.45, 7) is 9.24. The number of rotatable bonds is 7. The second-order valence-corrected chi connectivity index (χ2v) is 13.8. The first-order valence-corrected chi connectivity index (χ1v) is 12.8. The molecule has 0 saturated heterocycles. The number of nitro groups is 1. The predicted molar refractivity (Wildman–Crippen MR) is 110 cm³/mol. The van der Waals surface area contributed by atoms with Crippen LogP contribution in [0.2, 0.25) is 30.7 Å². The smallest absolute Gasteiger partial charge is 0.317 e. The molecule has 3 aromatic rings. The van der Waals surface area contributed by atoms with Crippen LogP contribution in [0.5, 0.6) is 0 Å². The first-order chi connectivity index (χ1) is 12.7. The molecule has 0 spiro atoms. The van der Waals surface area contributed by atoms with E-state index in [9.17, 15) is 10.1 Å². The van der Waals surface area contributed by atoms with Crippen molar-refractivity contribution in [3.63, 3.8) is 0 Å². The molecule has 0 amide bonds. The summed E-state index contributed by atoms with van der Waals surface area (Å²) in [5.74, 6) is 0. The summed E-state index contributed by atoms with van der Waals surface area (Å²) in [5.41, 5.74) is 2.23. The lowest BCUT2D eigenvalue weighted by Crippen LogP contribution is -2.22. The van der Waals surface area contributed by atoms with E-state index in [0.717, 1.165) is 16.9 Å². The van der Waals surface area contributed by atoms with Gasteiger partial charge in [0.2, 0.25) is 0 Å². The molecule has 1 aromatic carbocycles. The van der Waals surface area contributed by atoms with Crippen molar-refractivity contribution in [3.05, 3.63) is 45.2 Å². The summed E-state index contributed by atoms with van der Waals surface area (Å²) in [6.07, 6.45) is 1.79. The Bertz CT molecular complexity index is 991. The maximum atomic E-state index is 11.7. The number of H-pyrrole nitrogens is 1. The Labute approximate surface area is 163 Å². The van der Waals surface area contributed by atoms with E-state index in [1.165, 1.54) is 0 Å². The van der Waals surface area contributed by atoms with Crippen LogP contribution >= 0.6 is 11.6 Å². The van der Waals surface area contributed by atoms with Gasteiger partial charge < -0.3 is 9.72 Å². The van der Waals surface area contributed by atoms with E-state index in [4.69, 9.17) is 16.3 Å². The van der Waals surface area contributed by atoms with Gasteiger partial charge in [0.1, 0.15) is 18.1 Å². The molecule has 0 bridgehead atoms. The Morgan fingerprint density at radius 3 is 2.78 bits per heavy atom. The van der Waals surface area contributed by atoms with E-state index in [0.29, 0.717) is 28.6 Å². The standard InChI is InChI=1S/C18H23ClN4O3Si/c1-12-17(23(24)25)18(22(21-12)11-26-7-8-27(2,3)4)15-9-13(19)10-16-14(15)5-6-20-16/h5-6,9-10,20H,7-8,11H2,1-4H3. The van der Waals surface area contributed by atoms with Crippen LogP contribution in [-0.4, -0.2) is 34.4 Å². The van der Waals surface area contributed by atoms with Gasteiger partial charge in [-0.1, -0.05) is 31.2 Å². The van der Waals surface area contributed by atoms with Crippen LogP contribution in [0.15, 0.2) is 24.4 Å². The molecule has 7 nitrogen and oxygen atoms in total. The van der Waals surface area contributed by atoms with Gasteiger partial charge in [-0.3, -0.25) is 10.1 Å². The molecule has 27 heavy (non-hydrogen) atoms. The molecule has 9 heteroatoms. The fourth-order valence-corrected chi connectivity index (χ4v) is 3.98. The van der Waals surface area contributed by atoms with Gasteiger partial charge in [0.05, 0.1) is 4.92 Å². The second kappa shape index (κ2) is 7.45. The molecule has 2 aromatic heterocycles. The van der Waals surface area contributed by atoms with Gasteiger partial charge in [-0.15, -0.1) is 0 Å². The summed E-state index contributed by atoms with van der Waals surface area (Å²) in [7, 11) is -1.22. The van der Waals surface area contributed by atoms with Crippen molar-refractivity contribution in [3.8, 4) is 11.3 Å². The lowest BCUT2D eigenvalue weighted by Gasteiger charge is -2.16. The minimum absolute atomic E-state index is 0.0198.